The van der Waals surface area contributed by atoms with Crippen LogP contribution in [0.15, 0.2) is 72.8 Å². The van der Waals surface area contributed by atoms with Crippen molar-refractivity contribution in [2.45, 2.75) is 39.3 Å². The maximum Gasteiger partial charge on any atom is 0.295 e. The molecule has 1 N–H and O–H groups in total. The van der Waals surface area contributed by atoms with Gasteiger partial charge in [0.25, 0.3) is 5.91 Å². The molecule has 1 aliphatic rings. The number of likely N-dealkylation sites (tertiary alicyclic amines) is 1. The van der Waals surface area contributed by atoms with Crippen LogP contribution in [-0.2, 0) is 16.1 Å². The molecule has 34 heavy (non-hydrogen) atoms. The van der Waals surface area contributed by atoms with Gasteiger partial charge in [-0.3, -0.25) is 14.6 Å². The first-order valence-electron chi connectivity index (χ1n) is 11.6. The molecule has 0 saturated carbocycles. The average molecular weight is 460 g/mol. The third-order valence-electron chi connectivity index (χ3n) is 5.93. The van der Waals surface area contributed by atoms with Gasteiger partial charge in [0.05, 0.1) is 19.2 Å². The Hall–Kier alpha value is -3.87. The Morgan fingerprint density at radius 2 is 1.85 bits per heavy atom. The first-order chi connectivity index (χ1) is 16.5. The molecule has 0 bridgehead atoms. The third kappa shape index (κ3) is 4.88. The van der Waals surface area contributed by atoms with Gasteiger partial charge in [0.15, 0.2) is 0 Å². The monoisotopic (exact) mass is 459 g/mol. The first kappa shape index (κ1) is 23.3. The Kier molecular flexibility index (Phi) is 7.11. The summed E-state index contributed by atoms with van der Waals surface area (Å²) in [7, 11) is 0. The van der Waals surface area contributed by atoms with Gasteiger partial charge in [-0.2, -0.15) is 0 Å². The predicted molar refractivity (Wildman–Crippen MR) is 125 cm³/mol. The van der Waals surface area contributed by atoms with E-state index in [0.717, 1.165) is 12.0 Å². The Morgan fingerprint density at radius 3 is 2.50 bits per heavy atom. The van der Waals surface area contributed by atoms with Crippen molar-refractivity contribution in [3.05, 3.63) is 89.5 Å². The number of nitrogens with one attached hydrogen (secondary N) is 1. The second-order valence-corrected chi connectivity index (χ2v) is 8.46. The lowest BCUT2D eigenvalue weighted by Crippen LogP contribution is -2.36. The standard InChI is InChI=1S/C27H29N3O4/c1-3-17-34-22-11-9-20(10-12-22)24-23(25(31)21-7-5-19(2)6-8-21)26(32)27(33)30(24)15-4-14-29-16-13-28-18-29/h5-13,16,18,24H,3-4,14-15,17H2,1-2H3,(H,31,32). The number of Topliss-reactive ketones (excluding diaryl/α,β-unsaturated/α-hetero) is 1. The van der Waals surface area contributed by atoms with Gasteiger partial charge in [0.1, 0.15) is 18.1 Å². The summed E-state index contributed by atoms with van der Waals surface area (Å²) in [5, 5.41) is 13.4. The summed E-state index contributed by atoms with van der Waals surface area (Å²) in [4.78, 5) is 30.7. The topological polar surface area (TPSA) is 89.3 Å². The predicted octanol–water partition coefficient (Wildman–Crippen LogP) is 2.71. The fourth-order valence-electron chi connectivity index (χ4n) is 4.16. The minimum absolute atomic E-state index is 0.00498. The van der Waals surface area contributed by atoms with E-state index in [4.69, 9.17) is 4.74 Å². The zero-order chi connectivity index (χ0) is 24.1. The summed E-state index contributed by atoms with van der Waals surface area (Å²) in [6.45, 7) is 5.60. The number of aromatic amines is 1. The quantitative estimate of drug-likeness (QED) is 0.231. The number of rotatable bonds is 9. The van der Waals surface area contributed by atoms with Gasteiger partial charge in [-0.15, -0.1) is 0 Å². The molecule has 1 atom stereocenters. The average Bonchev–Trinajstić information content (AvgIpc) is 3.45. The Bertz CT molecular complexity index is 1170. The summed E-state index contributed by atoms with van der Waals surface area (Å²) in [6.07, 6.45) is 7.09. The van der Waals surface area contributed by atoms with E-state index in [-0.39, 0.29) is 5.57 Å². The molecule has 1 fully saturated rings. The third-order valence-corrected chi connectivity index (χ3v) is 5.93. The summed E-state index contributed by atoms with van der Waals surface area (Å²) in [5.74, 6) is -1.05. The zero-order valence-electron chi connectivity index (χ0n) is 19.5. The number of H-pyrrole nitrogens is 1. The van der Waals surface area contributed by atoms with Crippen LogP contribution in [-0.4, -0.2) is 34.7 Å². The zero-order valence-corrected chi connectivity index (χ0v) is 19.5. The lowest BCUT2D eigenvalue weighted by Gasteiger charge is -2.27. The number of ketones is 1. The molecule has 0 aliphatic carbocycles. The van der Waals surface area contributed by atoms with Crippen LogP contribution in [0, 0.1) is 6.92 Å². The van der Waals surface area contributed by atoms with E-state index < -0.39 is 23.5 Å². The molecule has 2 heterocycles. The Morgan fingerprint density at radius 1 is 1.12 bits per heavy atom. The number of aromatic nitrogens is 2. The molecule has 1 saturated heterocycles. The van der Waals surface area contributed by atoms with E-state index >= 15 is 0 Å². The first-order valence-corrected chi connectivity index (χ1v) is 11.6. The lowest BCUT2D eigenvalue weighted by atomic mass is 9.95. The van der Waals surface area contributed by atoms with Crippen LogP contribution in [0.2, 0.25) is 0 Å². The molecule has 0 spiro atoms. The number of hydrogen-bond acceptors (Lipinski definition) is 4. The van der Waals surface area contributed by atoms with Crippen molar-refractivity contribution < 1.29 is 24.0 Å². The number of amides is 1. The van der Waals surface area contributed by atoms with Crippen molar-refractivity contribution in [3.63, 3.8) is 0 Å². The van der Waals surface area contributed by atoms with E-state index in [2.05, 4.69) is 4.98 Å². The number of ether oxygens (including phenoxy) is 1. The number of carbonyl (C=O) groups excluding carboxylic acids is 2. The number of carbonyl (C=O) groups is 2. The van der Waals surface area contributed by atoms with Crippen LogP contribution in [0.5, 0.6) is 5.75 Å². The van der Waals surface area contributed by atoms with E-state index in [9.17, 15) is 14.7 Å². The molecule has 3 aromatic rings. The highest BCUT2D eigenvalue weighted by molar-refractivity contribution is 6.46. The van der Waals surface area contributed by atoms with Crippen molar-refractivity contribution >= 4 is 17.4 Å². The van der Waals surface area contributed by atoms with Crippen LogP contribution in [0.25, 0.3) is 5.76 Å². The summed E-state index contributed by atoms with van der Waals surface area (Å²) in [5.41, 5.74) is 2.14. The van der Waals surface area contributed by atoms with E-state index in [1.54, 1.807) is 12.1 Å². The molecular formula is C27H29N3O4. The number of hydrogen-bond donors (Lipinski definition) is 1. The van der Waals surface area contributed by atoms with Crippen molar-refractivity contribution in [1.29, 1.82) is 0 Å². The van der Waals surface area contributed by atoms with Crippen molar-refractivity contribution in [2.24, 2.45) is 0 Å². The maximum absolute atomic E-state index is 13.4. The minimum Gasteiger partial charge on any atom is -0.872 e. The second kappa shape index (κ2) is 10.4. The van der Waals surface area contributed by atoms with Crippen molar-refractivity contribution in [2.75, 3.05) is 13.2 Å². The number of benzene rings is 2. The molecule has 1 unspecified atom stereocenters. The van der Waals surface area contributed by atoms with Crippen LogP contribution >= 0.6 is 0 Å². The number of aryl methyl sites for hydroxylation is 2. The Labute approximate surface area is 199 Å². The van der Waals surface area contributed by atoms with Crippen LogP contribution < -0.4 is 14.4 Å². The summed E-state index contributed by atoms with van der Waals surface area (Å²) in [6, 6.07) is 13.6. The number of imidazole rings is 1. The van der Waals surface area contributed by atoms with Crippen LogP contribution in [0.1, 0.15) is 42.5 Å². The van der Waals surface area contributed by atoms with Crippen LogP contribution in [0.3, 0.4) is 0 Å². The SMILES string of the molecule is CCCOc1ccc(C2C(=C([O-])c3ccc(C)cc3)C(=O)C(=O)N2CCC[n+]2cc[nH]c2)cc1. The molecule has 7 nitrogen and oxygen atoms in total. The fraction of sp³-hybridized carbons (Fsp3) is 0.296. The Balaban J connectivity index is 1.69. The van der Waals surface area contributed by atoms with Gasteiger partial charge >= 0.3 is 0 Å². The smallest absolute Gasteiger partial charge is 0.295 e. The highest BCUT2D eigenvalue weighted by Crippen LogP contribution is 2.39. The van der Waals surface area contributed by atoms with Crippen LogP contribution in [0.4, 0.5) is 0 Å². The van der Waals surface area contributed by atoms with E-state index in [1.807, 2.05) is 73.5 Å². The maximum atomic E-state index is 13.4. The normalized spacial score (nSPS) is 17.4. The van der Waals surface area contributed by atoms with Crippen molar-refractivity contribution in [3.8, 4) is 5.75 Å². The molecule has 2 aromatic carbocycles. The van der Waals surface area contributed by atoms with Gasteiger partial charge in [-0.05, 0) is 36.6 Å². The molecular weight excluding hydrogens is 430 g/mol. The number of nitrogens with zero attached hydrogens (tertiary/aromatic N) is 2. The highest BCUT2D eigenvalue weighted by Gasteiger charge is 2.43. The minimum atomic E-state index is -0.731. The molecule has 0 radical (unpaired) electrons. The second-order valence-electron chi connectivity index (χ2n) is 8.46. The van der Waals surface area contributed by atoms with E-state index in [1.165, 1.54) is 4.90 Å². The van der Waals surface area contributed by atoms with E-state index in [0.29, 0.717) is 43.0 Å². The molecule has 4 rings (SSSR count). The largest absolute Gasteiger partial charge is 0.872 e. The molecule has 7 heteroatoms. The molecule has 176 valence electrons. The highest BCUT2D eigenvalue weighted by atomic mass is 16.5. The summed E-state index contributed by atoms with van der Waals surface area (Å²) < 4.78 is 7.65. The summed E-state index contributed by atoms with van der Waals surface area (Å²) >= 11 is 0. The lowest BCUT2D eigenvalue weighted by molar-refractivity contribution is -0.695. The van der Waals surface area contributed by atoms with Gasteiger partial charge in [-0.25, -0.2) is 4.57 Å². The molecule has 1 amide bonds. The van der Waals surface area contributed by atoms with Gasteiger partial charge in [-0.1, -0.05) is 54.6 Å². The fourth-order valence-corrected chi connectivity index (χ4v) is 4.16. The molecule has 1 aromatic heterocycles. The van der Waals surface area contributed by atoms with Gasteiger partial charge in [0, 0.05) is 18.5 Å². The van der Waals surface area contributed by atoms with Crippen molar-refractivity contribution in [1.82, 2.24) is 9.88 Å². The molecule has 1 aliphatic heterocycles. The van der Waals surface area contributed by atoms with Gasteiger partial charge < -0.3 is 14.7 Å². The van der Waals surface area contributed by atoms with Gasteiger partial charge in [0.2, 0.25) is 12.1 Å².